The van der Waals surface area contributed by atoms with E-state index in [1.807, 2.05) is 0 Å². The van der Waals surface area contributed by atoms with Gasteiger partial charge in [0.05, 0.1) is 17.1 Å². The Morgan fingerprint density at radius 1 is 1.28 bits per heavy atom. The normalized spacial score (nSPS) is 14.3. The maximum atomic E-state index is 11.0. The van der Waals surface area contributed by atoms with E-state index in [0.717, 1.165) is 0 Å². The van der Waals surface area contributed by atoms with Crippen LogP contribution in [0.4, 0.5) is 11.4 Å². The summed E-state index contributed by atoms with van der Waals surface area (Å²) in [5, 5.41) is 2.98. The van der Waals surface area contributed by atoms with Crippen molar-refractivity contribution in [3.8, 4) is 11.5 Å². The molecule has 1 aromatic carbocycles. The van der Waals surface area contributed by atoms with Crippen LogP contribution in [0.2, 0.25) is 0 Å². The van der Waals surface area contributed by atoms with E-state index in [1.54, 1.807) is 12.1 Å². The summed E-state index contributed by atoms with van der Waals surface area (Å²) in [6.07, 6.45) is 1.20. The average Bonchev–Trinajstić information content (AvgIpc) is 2.28. The fourth-order valence-electron chi connectivity index (χ4n) is 1.63. The minimum absolute atomic E-state index is 0.0564. The predicted octanol–water partition coefficient (Wildman–Crippen LogP) is 0.496. The number of anilines is 2. The lowest BCUT2D eigenvalue weighted by molar-refractivity contribution is 0.172. The number of fused-ring (bicyclic) bond motifs is 1. The molecule has 18 heavy (non-hydrogen) atoms. The standard InChI is InChI=1S/C11H16N2O4S/c1-18(14,15)5-2-13-9-7-11-10(6-8(9)12)16-3-4-17-11/h6-7,13H,2-5,12H2,1H3. The van der Waals surface area contributed by atoms with Gasteiger partial charge in [0.25, 0.3) is 0 Å². The van der Waals surface area contributed by atoms with Gasteiger partial charge in [0, 0.05) is 24.9 Å². The van der Waals surface area contributed by atoms with Crippen LogP contribution in [0.25, 0.3) is 0 Å². The third kappa shape index (κ3) is 3.19. The highest BCUT2D eigenvalue weighted by atomic mass is 32.2. The molecule has 0 saturated carbocycles. The SMILES string of the molecule is CS(=O)(=O)CCNc1cc2c(cc1N)OCCO2. The smallest absolute Gasteiger partial charge is 0.163 e. The molecule has 7 heteroatoms. The molecule has 1 heterocycles. The third-order valence-corrected chi connectivity index (χ3v) is 3.45. The van der Waals surface area contributed by atoms with Crippen LogP contribution in [0.15, 0.2) is 12.1 Å². The Balaban J connectivity index is 2.09. The van der Waals surface area contributed by atoms with Crippen molar-refractivity contribution in [1.29, 1.82) is 0 Å². The van der Waals surface area contributed by atoms with Gasteiger partial charge in [-0.2, -0.15) is 0 Å². The number of benzene rings is 1. The Hall–Kier alpha value is -1.63. The lowest BCUT2D eigenvalue weighted by atomic mass is 10.2. The summed E-state index contributed by atoms with van der Waals surface area (Å²) in [4.78, 5) is 0. The van der Waals surface area contributed by atoms with E-state index in [1.165, 1.54) is 6.26 Å². The van der Waals surface area contributed by atoms with Crippen molar-refractivity contribution in [2.24, 2.45) is 0 Å². The number of nitrogens with one attached hydrogen (secondary N) is 1. The first kappa shape index (κ1) is 12.8. The van der Waals surface area contributed by atoms with E-state index in [0.29, 0.717) is 42.6 Å². The van der Waals surface area contributed by atoms with E-state index in [-0.39, 0.29) is 5.75 Å². The number of nitrogens with two attached hydrogens (primary N) is 1. The van der Waals surface area contributed by atoms with Crippen molar-refractivity contribution >= 4 is 21.2 Å². The number of nitrogen functional groups attached to an aromatic ring is 1. The van der Waals surface area contributed by atoms with Gasteiger partial charge >= 0.3 is 0 Å². The van der Waals surface area contributed by atoms with Gasteiger partial charge in [-0.05, 0) is 0 Å². The highest BCUT2D eigenvalue weighted by Gasteiger charge is 2.14. The number of rotatable bonds is 4. The first-order chi connectivity index (χ1) is 8.46. The average molecular weight is 272 g/mol. The molecule has 0 fully saturated rings. The first-order valence-corrected chi connectivity index (χ1v) is 7.62. The molecule has 0 aromatic heterocycles. The van der Waals surface area contributed by atoms with Crippen LogP contribution in [0.5, 0.6) is 11.5 Å². The van der Waals surface area contributed by atoms with Gasteiger partial charge in [-0.15, -0.1) is 0 Å². The second-order valence-electron chi connectivity index (χ2n) is 4.14. The molecule has 1 aliphatic rings. The predicted molar refractivity (Wildman–Crippen MR) is 70.0 cm³/mol. The summed E-state index contributed by atoms with van der Waals surface area (Å²) in [7, 11) is -2.98. The molecule has 1 aromatic rings. The van der Waals surface area contributed by atoms with Gasteiger partial charge in [0.1, 0.15) is 23.1 Å². The summed E-state index contributed by atoms with van der Waals surface area (Å²) in [5.41, 5.74) is 7.01. The number of hydrogen-bond donors (Lipinski definition) is 2. The van der Waals surface area contributed by atoms with Crippen LogP contribution in [0.3, 0.4) is 0 Å². The zero-order chi connectivity index (χ0) is 13.2. The molecule has 0 unspecified atom stereocenters. The summed E-state index contributed by atoms with van der Waals surface area (Å²) >= 11 is 0. The minimum Gasteiger partial charge on any atom is -0.486 e. The van der Waals surface area contributed by atoms with Crippen molar-refractivity contribution < 1.29 is 17.9 Å². The van der Waals surface area contributed by atoms with Crippen molar-refractivity contribution in [2.45, 2.75) is 0 Å². The molecule has 3 N–H and O–H groups in total. The van der Waals surface area contributed by atoms with E-state index in [4.69, 9.17) is 15.2 Å². The highest BCUT2D eigenvalue weighted by Crippen LogP contribution is 2.36. The van der Waals surface area contributed by atoms with Crippen molar-refractivity contribution in [3.63, 3.8) is 0 Å². The maximum Gasteiger partial charge on any atom is 0.163 e. The second-order valence-corrected chi connectivity index (χ2v) is 6.40. The minimum atomic E-state index is -2.98. The highest BCUT2D eigenvalue weighted by molar-refractivity contribution is 7.90. The summed E-state index contributed by atoms with van der Waals surface area (Å²) in [6, 6.07) is 3.41. The lowest BCUT2D eigenvalue weighted by Crippen LogP contribution is -2.17. The first-order valence-electron chi connectivity index (χ1n) is 5.56. The van der Waals surface area contributed by atoms with Crippen molar-refractivity contribution in [2.75, 3.05) is 42.8 Å². The quantitative estimate of drug-likeness (QED) is 0.775. The van der Waals surface area contributed by atoms with Gasteiger partial charge in [0.15, 0.2) is 11.5 Å². The molecule has 6 nitrogen and oxygen atoms in total. The molecule has 0 saturated heterocycles. The van der Waals surface area contributed by atoms with Gasteiger partial charge in [0.2, 0.25) is 0 Å². The van der Waals surface area contributed by atoms with E-state index in [2.05, 4.69) is 5.32 Å². The molecular formula is C11H16N2O4S. The summed E-state index contributed by atoms with van der Waals surface area (Å²) in [5.74, 6) is 1.30. The Bertz CT molecular complexity index is 542. The second kappa shape index (κ2) is 4.93. The van der Waals surface area contributed by atoms with E-state index in [9.17, 15) is 8.42 Å². The molecule has 0 amide bonds. The largest absolute Gasteiger partial charge is 0.486 e. The topological polar surface area (TPSA) is 90.7 Å². The monoisotopic (exact) mass is 272 g/mol. The molecule has 0 atom stereocenters. The number of sulfone groups is 1. The summed E-state index contributed by atoms with van der Waals surface area (Å²) < 4.78 is 32.9. The van der Waals surface area contributed by atoms with Crippen molar-refractivity contribution in [3.05, 3.63) is 12.1 Å². The fraction of sp³-hybridized carbons (Fsp3) is 0.455. The van der Waals surface area contributed by atoms with Gasteiger partial charge in [-0.25, -0.2) is 8.42 Å². The maximum absolute atomic E-state index is 11.0. The van der Waals surface area contributed by atoms with Crippen molar-refractivity contribution in [1.82, 2.24) is 0 Å². The van der Waals surface area contributed by atoms with E-state index >= 15 is 0 Å². The Morgan fingerprint density at radius 3 is 2.50 bits per heavy atom. The van der Waals surface area contributed by atoms with Crippen LogP contribution in [-0.2, 0) is 9.84 Å². The van der Waals surface area contributed by atoms with E-state index < -0.39 is 9.84 Å². The molecular weight excluding hydrogens is 256 g/mol. The molecule has 0 spiro atoms. The Morgan fingerprint density at radius 2 is 1.89 bits per heavy atom. The van der Waals surface area contributed by atoms with Crippen LogP contribution < -0.4 is 20.5 Å². The lowest BCUT2D eigenvalue weighted by Gasteiger charge is -2.20. The third-order valence-electron chi connectivity index (χ3n) is 2.50. The number of hydrogen-bond acceptors (Lipinski definition) is 6. The molecule has 100 valence electrons. The molecule has 1 aliphatic heterocycles. The van der Waals surface area contributed by atoms with Gasteiger partial charge < -0.3 is 20.5 Å². The zero-order valence-corrected chi connectivity index (χ0v) is 10.9. The zero-order valence-electron chi connectivity index (χ0n) is 10.1. The van der Waals surface area contributed by atoms with Gasteiger partial charge in [-0.1, -0.05) is 0 Å². The van der Waals surface area contributed by atoms with Crippen LogP contribution in [-0.4, -0.2) is 40.2 Å². The van der Waals surface area contributed by atoms with Crippen LogP contribution in [0, 0.1) is 0 Å². The molecule has 0 radical (unpaired) electrons. The Labute approximate surface area is 106 Å². The molecule has 0 bridgehead atoms. The molecule has 2 rings (SSSR count). The van der Waals surface area contributed by atoms with Gasteiger partial charge in [-0.3, -0.25) is 0 Å². The number of ether oxygens (including phenoxy) is 2. The summed E-state index contributed by atoms with van der Waals surface area (Å²) in [6.45, 7) is 1.32. The van der Waals surface area contributed by atoms with Crippen LogP contribution in [0.1, 0.15) is 0 Å². The van der Waals surface area contributed by atoms with Crippen LogP contribution >= 0.6 is 0 Å². The fourth-order valence-corrected chi connectivity index (χ4v) is 2.10. The molecule has 0 aliphatic carbocycles. The Kier molecular flexibility index (Phi) is 3.51.